The summed E-state index contributed by atoms with van der Waals surface area (Å²) in [5, 5.41) is 15.2. The first-order valence-electron chi connectivity index (χ1n) is 8.79. The maximum absolute atomic E-state index is 14.5. The first-order chi connectivity index (χ1) is 12.6. The summed E-state index contributed by atoms with van der Waals surface area (Å²) >= 11 is 0. The molecule has 7 N–H and O–H groups in total. The number of hydrogen-bond acceptors (Lipinski definition) is 5. The number of aliphatic hydroxyl groups excluding tert-OH is 1. The van der Waals surface area contributed by atoms with Crippen molar-refractivity contribution in [3.8, 4) is 0 Å². The molecule has 1 saturated carbocycles. The number of aliphatic hydroxyl groups is 1. The Hall–Kier alpha value is -2.35. The fraction of sp³-hybridized carbons (Fsp3) is 0.474. The molecule has 0 aromatic carbocycles. The highest BCUT2D eigenvalue weighted by Crippen LogP contribution is 2.26. The minimum atomic E-state index is -3.29. The van der Waals surface area contributed by atoms with Crippen molar-refractivity contribution in [2.45, 2.75) is 56.2 Å². The molecular weight excluding hydrogens is 357 g/mol. The number of hydrogen-bond donors (Lipinski definition) is 5. The molecule has 0 amide bonds. The molecule has 1 aliphatic carbocycles. The van der Waals surface area contributed by atoms with Crippen LogP contribution in [0.15, 0.2) is 61.0 Å². The monoisotopic (exact) mass is 386 g/mol. The predicted molar refractivity (Wildman–Crippen MR) is 102 cm³/mol. The summed E-state index contributed by atoms with van der Waals surface area (Å²) in [7, 11) is 0. The van der Waals surface area contributed by atoms with Crippen LogP contribution in [0.4, 0.5) is 13.2 Å². The van der Waals surface area contributed by atoms with Crippen LogP contribution in [-0.4, -0.2) is 29.2 Å². The van der Waals surface area contributed by atoms with Gasteiger partial charge in [0.05, 0.1) is 17.7 Å². The van der Waals surface area contributed by atoms with E-state index in [1.165, 1.54) is 6.08 Å². The Morgan fingerprint density at radius 1 is 1.26 bits per heavy atom. The summed E-state index contributed by atoms with van der Waals surface area (Å²) in [6.45, 7) is 7.06. The van der Waals surface area contributed by atoms with Gasteiger partial charge < -0.3 is 27.2 Å². The van der Waals surface area contributed by atoms with Gasteiger partial charge in [-0.15, -0.1) is 0 Å². The summed E-state index contributed by atoms with van der Waals surface area (Å²) in [4.78, 5) is 0. The van der Waals surface area contributed by atoms with E-state index in [9.17, 15) is 18.3 Å². The van der Waals surface area contributed by atoms with Gasteiger partial charge >= 0.3 is 0 Å². The van der Waals surface area contributed by atoms with Crippen LogP contribution in [0.25, 0.3) is 0 Å². The second kappa shape index (κ2) is 10.7. The largest absolute Gasteiger partial charge is 0.393 e. The topological polar surface area (TPSA) is 96.3 Å². The summed E-state index contributed by atoms with van der Waals surface area (Å²) in [6.07, 6.45) is 6.95. The average Bonchev–Trinajstić information content (AvgIpc) is 2.56. The van der Waals surface area contributed by atoms with Crippen molar-refractivity contribution in [3.63, 3.8) is 0 Å². The molecule has 0 saturated heterocycles. The quantitative estimate of drug-likeness (QED) is 0.372. The molecule has 0 bridgehead atoms. The van der Waals surface area contributed by atoms with Gasteiger partial charge in [-0.3, -0.25) is 0 Å². The smallest absolute Gasteiger partial charge is 0.274 e. The Kier molecular flexibility index (Phi) is 9.00. The van der Waals surface area contributed by atoms with E-state index in [-0.39, 0.29) is 23.8 Å². The molecule has 5 nitrogen and oxygen atoms in total. The van der Waals surface area contributed by atoms with Gasteiger partial charge in [0.1, 0.15) is 11.9 Å². The summed E-state index contributed by atoms with van der Waals surface area (Å²) in [5.41, 5.74) is 10.7. The SMILES string of the molecule is C=C/C=C(F)\C=C/CC(F)(F)C(C=C(N)N)NC(=C)NC1CCC(O)CC1. The molecule has 1 atom stereocenters. The van der Waals surface area contributed by atoms with Gasteiger partial charge in [0.25, 0.3) is 5.92 Å². The fourth-order valence-corrected chi connectivity index (χ4v) is 2.78. The van der Waals surface area contributed by atoms with Crippen LogP contribution in [0.2, 0.25) is 0 Å². The Morgan fingerprint density at radius 2 is 1.89 bits per heavy atom. The highest BCUT2D eigenvalue weighted by Gasteiger charge is 2.37. The molecular formula is C19H29F3N4O. The van der Waals surface area contributed by atoms with Crippen molar-refractivity contribution < 1.29 is 18.3 Å². The highest BCUT2D eigenvalue weighted by molar-refractivity contribution is 5.18. The number of alkyl halides is 2. The zero-order valence-corrected chi connectivity index (χ0v) is 15.3. The zero-order chi connectivity index (χ0) is 20.4. The van der Waals surface area contributed by atoms with E-state index in [2.05, 4.69) is 23.8 Å². The van der Waals surface area contributed by atoms with Crippen LogP contribution < -0.4 is 22.1 Å². The highest BCUT2D eigenvalue weighted by atomic mass is 19.3. The molecule has 0 aromatic heterocycles. The van der Waals surface area contributed by atoms with Crippen LogP contribution in [0.5, 0.6) is 0 Å². The van der Waals surface area contributed by atoms with Crippen LogP contribution in [0, 0.1) is 0 Å². The second-order valence-corrected chi connectivity index (χ2v) is 6.57. The van der Waals surface area contributed by atoms with Gasteiger partial charge in [-0.1, -0.05) is 25.3 Å². The second-order valence-electron chi connectivity index (χ2n) is 6.57. The Morgan fingerprint density at radius 3 is 2.44 bits per heavy atom. The zero-order valence-electron chi connectivity index (χ0n) is 15.3. The Labute approximate surface area is 158 Å². The standard InChI is InChI=1S/C19H29F3N4O/c1-3-5-14(20)6-4-11-19(21,22)17(12-18(23)24)26-13(2)25-15-7-9-16(27)10-8-15/h3-6,12,15-17,25-27H,1-2,7-11,23-24H2/b6-4-,14-5+. The lowest BCUT2D eigenvalue weighted by atomic mass is 9.93. The maximum Gasteiger partial charge on any atom is 0.274 e. The van der Waals surface area contributed by atoms with Crippen molar-refractivity contribution >= 4 is 0 Å². The average molecular weight is 386 g/mol. The minimum Gasteiger partial charge on any atom is -0.393 e. The number of halogens is 3. The van der Waals surface area contributed by atoms with Crippen molar-refractivity contribution in [3.05, 3.63) is 61.0 Å². The first kappa shape index (κ1) is 22.7. The van der Waals surface area contributed by atoms with Crippen molar-refractivity contribution in [2.75, 3.05) is 0 Å². The van der Waals surface area contributed by atoms with E-state index in [1.54, 1.807) is 0 Å². The Balaban J connectivity index is 2.72. The van der Waals surface area contributed by atoms with Crippen LogP contribution in [0.3, 0.4) is 0 Å². The number of rotatable bonds is 10. The molecule has 1 unspecified atom stereocenters. The van der Waals surface area contributed by atoms with Gasteiger partial charge in [0.2, 0.25) is 0 Å². The number of nitrogens with one attached hydrogen (secondary N) is 2. The summed E-state index contributed by atoms with van der Waals surface area (Å²) in [5.74, 6) is -4.02. The van der Waals surface area contributed by atoms with Gasteiger partial charge in [-0.05, 0) is 43.9 Å². The van der Waals surface area contributed by atoms with Crippen LogP contribution in [0.1, 0.15) is 32.1 Å². The van der Waals surface area contributed by atoms with Crippen LogP contribution >= 0.6 is 0 Å². The molecule has 0 heterocycles. The molecule has 1 rings (SSSR count). The molecule has 8 heteroatoms. The van der Waals surface area contributed by atoms with Crippen LogP contribution in [-0.2, 0) is 0 Å². The van der Waals surface area contributed by atoms with Gasteiger partial charge in [-0.25, -0.2) is 13.2 Å². The molecule has 0 aromatic rings. The minimum absolute atomic E-state index is 0.0416. The number of nitrogens with two attached hydrogens (primary N) is 2. The maximum atomic E-state index is 14.5. The van der Waals surface area contributed by atoms with E-state index in [4.69, 9.17) is 11.5 Å². The van der Waals surface area contributed by atoms with Gasteiger partial charge in [0.15, 0.2) is 0 Å². The van der Waals surface area contributed by atoms with E-state index in [0.717, 1.165) is 37.1 Å². The van der Waals surface area contributed by atoms with E-state index >= 15 is 0 Å². The van der Waals surface area contributed by atoms with Gasteiger partial charge in [0, 0.05) is 12.5 Å². The molecule has 0 spiro atoms. The normalized spacial score (nSPS) is 22.1. The molecule has 1 fully saturated rings. The molecule has 27 heavy (non-hydrogen) atoms. The van der Waals surface area contributed by atoms with E-state index < -0.39 is 24.2 Å². The molecule has 0 radical (unpaired) electrons. The van der Waals surface area contributed by atoms with E-state index in [0.29, 0.717) is 12.8 Å². The summed E-state index contributed by atoms with van der Waals surface area (Å²) in [6, 6.07) is -1.48. The molecule has 0 aliphatic heterocycles. The fourth-order valence-electron chi connectivity index (χ4n) is 2.78. The van der Waals surface area contributed by atoms with Gasteiger partial charge in [-0.2, -0.15) is 0 Å². The van der Waals surface area contributed by atoms with Crippen molar-refractivity contribution in [1.82, 2.24) is 10.6 Å². The van der Waals surface area contributed by atoms with Crippen molar-refractivity contribution in [2.24, 2.45) is 11.5 Å². The third-order valence-corrected chi connectivity index (χ3v) is 4.16. The third-order valence-electron chi connectivity index (χ3n) is 4.16. The lowest BCUT2D eigenvalue weighted by Gasteiger charge is -2.31. The predicted octanol–water partition coefficient (Wildman–Crippen LogP) is 2.69. The molecule has 152 valence electrons. The first-order valence-corrected chi connectivity index (χ1v) is 8.79. The molecule has 1 aliphatic rings. The third kappa shape index (κ3) is 8.72. The number of allylic oxidation sites excluding steroid dienone is 5. The lowest BCUT2D eigenvalue weighted by Crippen LogP contribution is -2.48. The Bertz CT molecular complexity index is 590. The summed E-state index contributed by atoms with van der Waals surface area (Å²) < 4.78 is 42.3. The van der Waals surface area contributed by atoms with E-state index in [1.807, 2.05) is 0 Å². The van der Waals surface area contributed by atoms with Crippen molar-refractivity contribution in [1.29, 1.82) is 0 Å². The lowest BCUT2D eigenvalue weighted by molar-refractivity contribution is -0.0173.